The minimum absolute atomic E-state index is 0.552. The lowest BCUT2D eigenvalue weighted by Gasteiger charge is -2.30. The van der Waals surface area contributed by atoms with Crippen LogP contribution in [0.25, 0.3) is 10.2 Å². The van der Waals surface area contributed by atoms with Crippen molar-refractivity contribution in [3.05, 3.63) is 17.3 Å². The molecule has 20 heavy (non-hydrogen) atoms. The van der Waals surface area contributed by atoms with Gasteiger partial charge in [-0.1, -0.05) is 26.2 Å². The number of nitrogens with zero attached hydrogens (tertiary/aromatic N) is 2. The van der Waals surface area contributed by atoms with E-state index in [1.165, 1.54) is 48.8 Å². The highest BCUT2D eigenvalue weighted by molar-refractivity contribution is 7.18. The molecule has 108 valence electrons. The summed E-state index contributed by atoms with van der Waals surface area (Å²) < 4.78 is 1.21. The van der Waals surface area contributed by atoms with Crippen molar-refractivity contribution in [3.63, 3.8) is 0 Å². The molecule has 0 saturated heterocycles. The summed E-state index contributed by atoms with van der Waals surface area (Å²) in [6.45, 7) is 4.40. The highest BCUT2D eigenvalue weighted by atomic mass is 32.1. The molecule has 0 aliphatic heterocycles. The summed E-state index contributed by atoms with van der Waals surface area (Å²) in [5, 5.41) is 5.89. The van der Waals surface area contributed by atoms with Gasteiger partial charge in [-0.2, -0.15) is 0 Å². The van der Waals surface area contributed by atoms with Gasteiger partial charge in [-0.05, 0) is 43.0 Å². The molecule has 3 nitrogen and oxygen atoms in total. The van der Waals surface area contributed by atoms with Gasteiger partial charge in [0.2, 0.25) is 0 Å². The highest BCUT2D eigenvalue weighted by Crippen LogP contribution is 2.33. The maximum Gasteiger partial charge on any atom is 0.147 e. The van der Waals surface area contributed by atoms with Gasteiger partial charge < -0.3 is 5.32 Å². The second-order valence-corrected chi connectivity index (χ2v) is 6.76. The molecule has 1 saturated carbocycles. The second kappa shape index (κ2) is 6.08. The Morgan fingerprint density at radius 3 is 2.85 bits per heavy atom. The van der Waals surface area contributed by atoms with Crippen molar-refractivity contribution in [1.82, 2.24) is 9.97 Å². The number of rotatable bonds is 4. The molecule has 1 aliphatic carbocycles. The fraction of sp³-hybridized carbons (Fsp3) is 0.625. The molecular formula is C16H23N3S. The van der Waals surface area contributed by atoms with Crippen LogP contribution in [-0.2, 0) is 0 Å². The molecular weight excluding hydrogens is 266 g/mol. The van der Waals surface area contributed by atoms with Gasteiger partial charge >= 0.3 is 0 Å². The zero-order valence-electron chi connectivity index (χ0n) is 12.4. The second-order valence-electron chi connectivity index (χ2n) is 5.88. The van der Waals surface area contributed by atoms with Crippen molar-refractivity contribution in [2.24, 2.45) is 5.92 Å². The summed E-state index contributed by atoms with van der Waals surface area (Å²) in [5.74, 6) is 1.84. The number of nitrogens with one attached hydrogen (secondary N) is 1. The van der Waals surface area contributed by atoms with Crippen molar-refractivity contribution in [2.75, 3.05) is 5.32 Å². The van der Waals surface area contributed by atoms with E-state index in [-0.39, 0.29) is 0 Å². The molecule has 2 aromatic heterocycles. The van der Waals surface area contributed by atoms with Crippen LogP contribution in [0, 0.1) is 12.8 Å². The van der Waals surface area contributed by atoms with E-state index >= 15 is 0 Å². The molecule has 1 unspecified atom stereocenters. The van der Waals surface area contributed by atoms with Gasteiger partial charge in [-0.25, -0.2) is 9.97 Å². The van der Waals surface area contributed by atoms with E-state index in [1.807, 2.05) is 0 Å². The number of thiophene rings is 1. The average molecular weight is 289 g/mol. The van der Waals surface area contributed by atoms with E-state index in [0.717, 1.165) is 17.3 Å². The van der Waals surface area contributed by atoms with Gasteiger partial charge in [-0.15, -0.1) is 11.3 Å². The molecule has 0 spiro atoms. The number of fused-ring (bicyclic) bond motifs is 1. The quantitative estimate of drug-likeness (QED) is 0.881. The van der Waals surface area contributed by atoms with E-state index < -0.39 is 0 Å². The van der Waals surface area contributed by atoms with Gasteiger partial charge in [0, 0.05) is 6.04 Å². The summed E-state index contributed by atoms with van der Waals surface area (Å²) in [4.78, 5) is 8.90. The first-order valence-corrected chi connectivity index (χ1v) is 8.63. The van der Waals surface area contributed by atoms with E-state index in [2.05, 4.69) is 34.5 Å². The van der Waals surface area contributed by atoms with Crippen molar-refractivity contribution in [1.29, 1.82) is 0 Å². The molecule has 2 aromatic rings. The Kier molecular flexibility index (Phi) is 4.20. The number of hydrogen-bond donors (Lipinski definition) is 1. The van der Waals surface area contributed by atoms with Crippen LogP contribution >= 0.6 is 11.3 Å². The average Bonchev–Trinajstić information content (AvgIpc) is 2.88. The van der Waals surface area contributed by atoms with Crippen molar-refractivity contribution in [3.8, 4) is 0 Å². The van der Waals surface area contributed by atoms with Gasteiger partial charge in [-0.3, -0.25) is 0 Å². The molecule has 2 heterocycles. The normalized spacial score (nSPS) is 18.3. The van der Waals surface area contributed by atoms with Crippen molar-refractivity contribution in [2.45, 2.75) is 58.4 Å². The van der Waals surface area contributed by atoms with E-state index in [0.29, 0.717) is 6.04 Å². The van der Waals surface area contributed by atoms with Gasteiger partial charge in [0.05, 0.1) is 10.2 Å². The third kappa shape index (κ3) is 2.66. The molecule has 0 amide bonds. The van der Waals surface area contributed by atoms with Crippen LogP contribution < -0.4 is 5.32 Å². The summed E-state index contributed by atoms with van der Waals surface area (Å²) in [5.41, 5.74) is 2.35. The maximum absolute atomic E-state index is 4.49. The standard InChI is InChI=1S/C16H23N3S/c1-3-13(12-7-5-4-6-8-12)19-16-15-14(17-10-18-16)11(2)9-20-15/h9-10,12-13H,3-8H2,1-2H3,(H,17,18,19). The molecule has 4 heteroatoms. The highest BCUT2D eigenvalue weighted by Gasteiger charge is 2.23. The molecule has 1 fully saturated rings. The van der Waals surface area contributed by atoms with Gasteiger partial charge in [0.25, 0.3) is 0 Å². The predicted octanol–water partition coefficient (Wildman–Crippen LogP) is 4.77. The van der Waals surface area contributed by atoms with Gasteiger partial charge in [0.15, 0.2) is 0 Å². The van der Waals surface area contributed by atoms with Crippen molar-refractivity contribution < 1.29 is 0 Å². The summed E-state index contributed by atoms with van der Waals surface area (Å²) in [6, 6.07) is 0.552. The molecule has 1 N–H and O–H groups in total. The molecule has 0 aromatic carbocycles. The van der Waals surface area contributed by atoms with Crippen LogP contribution in [0.4, 0.5) is 5.82 Å². The van der Waals surface area contributed by atoms with Crippen molar-refractivity contribution >= 4 is 27.4 Å². The summed E-state index contributed by atoms with van der Waals surface area (Å²) in [7, 11) is 0. The Bertz CT molecular complexity index is 572. The third-order valence-corrected chi connectivity index (χ3v) is 5.61. The first kappa shape index (κ1) is 13.8. The van der Waals surface area contributed by atoms with Crippen LogP contribution in [0.15, 0.2) is 11.7 Å². The fourth-order valence-electron chi connectivity index (χ4n) is 3.34. The first-order chi connectivity index (χ1) is 9.79. The van der Waals surface area contributed by atoms with Gasteiger partial charge in [0.1, 0.15) is 12.1 Å². The zero-order valence-corrected chi connectivity index (χ0v) is 13.2. The Morgan fingerprint density at radius 1 is 1.30 bits per heavy atom. The van der Waals surface area contributed by atoms with Crippen LogP contribution in [0.2, 0.25) is 0 Å². The smallest absolute Gasteiger partial charge is 0.147 e. The SMILES string of the molecule is CCC(Nc1ncnc2c(C)csc12)C1CCCCC1. The first-order valence-electron chi connectivity index (χ1n) is 7.75. The largest absolute Gasteiger partial charge is 0.366 e. The summed E-state index contributed by atoms with van der Waals surface area (Å²) in [6.07, 6.45) is 9.78. The van der Waals surface area contributed by atoms with Crippen LogP contribution in [0.3, 0.4) is 0 Å². The Balaban J connectivity index is 1.83. The maximum atomic E-state index is 4.49. The monoisotopic (exact) mass is 289 g/mol. The predicted molar refractivity (Wildman–Crippen MR) is 86.4 cm³/mol. The van der Waals surface area contributed by atoms with Crippen LogP contribution in [0.5, 0.6) is 0 Å². The number of aryl methyl sites for hydroxylation is 1. The molecule has 0 radical (unpaired) electrons. The Labute approximate surface area is 124 Å². The molecule has 1 atom stereocenters. The molecule has 1 aliphatic rings. The molecule has 3 rings (SSSR count). The number of aromatic nitrogens is 2. The van der Waals surface area contributed by atoms with Crippen LogP contribution in [-0.4, -0.2) is 16.0 Å². The number of anilines is 1. The summed E-state index contributed by atoms with van der Waals surface area (Å²) >= 11 is 1.75. The fourth-order valence-corrected chi connectivity index (χ4v) is 4.29. The third-order valence-electron chi connectivity index (χ3n) is 4.51. The Hall–Kier alpha value is -1.16. The minimum atomic E-state index is 0.552. The van der Waals surface area contributed by atoms with Crippen LogP contribution in [0.1, 0.15) is 51.0 Å². The van der Waals surface area contributed by atoms with E-state index in [4.69, 9.17) is 0 Å². The number of hydrogen-bond acceptors (Lipinski definition) is 4. The van der Waals surface area contributed by atoms with E-state index in [9.17, 15) is 0 Å². The Morgan fingerprint density at radius 2 is 2.10 bits per heavy atom. The lowest BCUT2D eigenvalue weighted by molar-refractivity contribution is 0.313. The topological polar surface area (TPSA) is 37.8 Å². The zero-order chi connectivity index (χ0) is 13.9. The lowest BCUT2D eigenvalue weighted by atomic mass is 9.83. The molecule has 0 bridgehead atoms. The minimum Gasteiger partial charge on any atom is -0.366 e. The van der Waals surface area contributed by atoms with E-state index in [1.54, 1.807) is 17.7 Å². The lowest BCUT2D eigenvalue weighted by Crippen LogP contribution is -2.30.